The number of nitrogens with one attached hydrogen (secondary N) is 1. The predicted molar refractivity (Wildman–Crippen MR) is 74.9 cm³/mol. The molecule has 1 fully saturated rings. The Kier molecular flexibility index (Phi) is 3.69. The fourth-order valence-electron chi connectivity index (χ4n) is 2.53. The Morgan fingerprint density at radius 2 is 2.05 bits per heavy atom. The lowest BCUT2D eigenvalue weighted by Crippen LogP contribution is -2.43. The Morgan fingerprint density at radius 3 is 2.53 bits per heavy atom. The van der Waals surface area contributed by atoms with E-state index in [0.29, 0.717) is 6.54 Å². The summed E-state index contributed by atoms with van der Waals surface area (Å²) in [5.41, 5.74) is 2.54. The molecule has 19 heavy (non-hydrogen) atoms. The minimum atomic E-state index is -0.686. The maximum absolute atomic E-state index is 11.3. The zero-order valence-electron chi connectivity index (χ0n) is 11.7. The molecule has 0 radical (unpaired) electrons. The van der Waals surface area contributed by atoms with Gasteiger partial charge in [-0.15, -0.1) is 0 Å². The molecule has 4 nitrogen and oxygen atoms in total. The average molecular weight is 263 g/mol. The Balaban J connectivity index is 2.11. The molecule has 0 unspecified atom stereocenters. The number of benzene rings is 1. The van der Waals surface area contributed by atoms with Gasteiger partial charge in [0.05, 0.1) is 12.5 Å². The van der Waals surface area contributed by atoms with E-state index in [-0.39, 0.29) is 0 Å². The molecule has 1 aliphatic rings. The summed E-state index contributed by atoms with van der Waals surface area (Å²) in [4.78, 5) is 11.3. The maximum Gasteiger partial charge on any atom is 0.311 e. The molecule has 0 atom stereocenters. The molecule has 2 N–H and O–H groups in total. The summed E-state index contributed by atoms with van der Waals surface area (Å²) < 4.78 is 5.27. The van der Waals surface area contributed by atoms with Crippen LogP contribution in [-0.2, 0) is 4.79 Å². The van der Waals surface area contributed by atoms with E-state index in [2.05, 4.69) is 5.32 Å². The van der Waals surface area contributed by atoms with E-state index in [9.17, 15) is 9.90 Å². The van der Waals surface area contributed by atoms with Gasteiger partial charge in [-0.05, 0) is 49.9 Å². The SMILES string of the molecule is COc1cc(C)c(NCC2(C(=O)O)CCC2)cc1C. The number of hydrogen-bond donors (Lipinski definition) is 2. The Morgan fingerprint density at radius 1 is 1.37 bits per heavy atom. The van der Waals surface area contributed by atoms with Crippen LogP contribution < -0.4 is 10.1 Å². The van der Waals surface area contributed by atoms with E-state index >= 15 is 0 Å². The molecule has 0 aliphatic heterocycles. The summed E-state index contributed by atoms with van der Waals surface area (Å²) in [5, 5.41) is 12.6. The Hall–Kier alpha value is -1.71. The van der Waals surface area contributed by atoms with Crippen molar-refractivity contribution < 1.29 is 14.6 Å². The highest BCUT2D eigenvalue weighted by atomic mass is 16.5. The van der Waals surface area contributed by atoms with Crippen LogP contribution in [0.3, 0.4) is 0 Å². The molecule has 0 amide bonds. The van der Waals surface area contributed by atoms with Gasteiger partial charge in [0.2, 0.25) is 0 Å². The molecular formula is C15H21NO3. The van der Waals surface area contributed by atoms with E-state index in [1.54, 1.807) is 7.11 Å². The van der Waals surface area contributed by atoms with Crippen LogP contribution in [0.1, 0.15) is 30.4 Å². The van der Waals surface area contributed by atoms with E-state index in [1.165, 1.54) is 0 Å². The number of hydrogen-bond acceptors (Lipinski definition) is 3. The smallest absolute Gasteiger partial charge is 0.311 e. The van der Waals surface area contributed by atoms with Crippen LogP contribution in [0.15, 0.2) is 12.1 Å². The summed E-state index contributed by atoms with van der Waals surface area (Å²) in [5.74, 6) is 0.175. The van der Waals surface area contributed by atoms with Gasteiger partial charge >= 0.3 is 5.97 Å². The quantitative estimate of drug-likeness (QED) is 0.857. The summed E-state index contributed by atoms with van der Waals surface area (Å²) in [7, 11) is 1.66. The lowest BCUT2D eigenvalue weighted by Gasteiger charge is -2.38. The third-order valence-electron chi connectivity index (χ3n) is 4.12. The van der Waals surface area contributed by atoms with Crippen molar-refractivity contribution >= 4 is 11.7 Å². The fraction of sp³-hybridized carbons (Fsp3) is 0.533. The minimum absolute atomic E-state index is 0.495. The number of aliphatic carboxylic acids is 1. The van der Waals surface area contributed by atoms with E-state index in [4.69, 9.17) is 4.74 Å². The van der Waals surface area contributed by atoms with Crippen molar-refractivity contribution in [3.05, 3.63) is 23.3 Å². The highest BCUT2D eigenvalue weighted by Crippen LogP contribution is 2.41. The molecule has 104 valence electrons. The normalized spacial score (nSPS) is 16.6. The molecule has 0 bridgehead atoms. The van der Waals surface area contributed by atoms with Gasteiger partial charge in [-0.1, -0.05) is 6.42 Å². The van der Waals surface area contributed by atoms with Gasteiger partial charge in [-0.2, -0.15) is 0 Å². The number of rotatable bonds is 5. The maximum atomic E-state index is 11.3. The van der Waals surface area contributed by atoms with Crippen LogP contribution in [0.5, 0.6) is 5.75 Å². The number of carbonyl (C=O) groups is 1. The zero-order chi connectivity index (χ0) is 14.0. The lowest BCUT2D eigenvalue weighted by atomic mass is 9.68. The summed E-state index contributed by atoms with van der Waals surface area (Å²) >= 11 is 0. The van der Waals surface area contributed by atoms with Gasteiger partial charge in [0.25, 0.3) is 0 Å². The molecule has 0 aromatic heterocycles. The molecule has 1 aromatic carbocycles. The van der Waals surface area contributed by atoms with Crippen molar-refractivity contribution in [3.8, 4) is 5.75 Å². The lowest BCUT2D eigenvalue weighted by molar-refractivity contribution is -0.153. The first-order valence-electron chi connectivity index (χ1n) is 6.61. The summed E-state index contributed by atoms with van der Waals surface area (Å²) in [6, 6.07) is 3.99. The molecule has 0 heterocycles. The summed E-state index contributed by atoms with van der Waals surface area (Å²) in [6.07, 6.45) is 2.54. The third-order valence-corrected chi connectivity index (χ3v) is 4.12. The zero-order valence-corrected chi connectivity index (χ0v) is 11.7. The van der Waals surface area contributed by atoms with Crippen molar-refractivity contribution in [1.29, 1.82) is 0 Å². The Bertz CT molecular complexity index is 492. The number of methoxy groups -OCH3 is 1. The van der Waals surface area contributed by atoms with Crippen molar-refractivity contribution in [1.82, 2.24) is 0 Å². The number of carboxylic acids is 1. The van der Waals surface area contributed by atoms with E-state index in [1.807, 2.05) is 26.0 Å². The van der Waals surface area contributed by atoms with E-state index < -0.39 is 11.4 Å². The standard InChI is InChI=1S/C15H21NO3/c1-10-8-13(19-3)11(2)7-12(10)16-9-15(14(17)18)5-4-6-15/h7-8,16H,4-6,9H2,1-3H3,(H,17,18). The van der Waals surface area contributed by atoms with Crippen LogP contribution in [0.2, 0.25) is 0 Å². The molecule has 1 aromatic rings. The van der Waals surface area contributed by atoms with E-state index in [0.717, 1.165) is 41.8 Å². The highest BCUT2D eigenvalue weighted by molar-refractivity contribution is 5.76. The second-order valence-corrected chi connectivity index (χ2v) is 5.43. The molecule has 1 aliphatic carbocycles. The van der Waals surface area contributed by atoms with Gasteiger partial charge < -0.3 is 15.2 Å². The first kappa shape index (κ1) is 13.7. The summed E-state index contributed by atoms with van der Waals surface area (Å²) in [6.45, 7) is 4.48. The highest BCUT2D eigenvalue weighted by Gasteiger charge is 2.44. The molecule has 0 spiro atoms. The van der Waals surface area contributed by atoms with Crippen molar-refractivity contribution in [2.24, 2.45) is 5.41 Å². The molecule has 4 heteroatoms. The number of anilines is 1. The molecule has 2 rings (SSSR count). The van der Waals surface area contributed by atoms with Crippen molar-refractivity contribution in [2.75, 3.05) is 19.0 Å². The average Bonchev–Trinajstić information content (AvgIpc) is 2.31. The van der Waals surface area contributed by atoms with Gasteiger partial charge in [0.15, 0.2) is 0 Å². The first-order chi connectivity index (χ1) is 8.98. The van der Waals surface area contributed by atoms with Crippen LogP contribution in [0, 0.1) is 19.3 Å². The second-order valence-electron chi connectivity index (χ2n) is 5.43. The topological polar surface area (TPSA) is 58.6 Å². The van der Waals surface area contributed by atoms with Gasteiger partial charge in [-0.25, -0.2) is 0 Å². The minimum Gasteiger partial charge on any atom is -0.496 e. The molecular weight excluding hydrogens is 242 g/mol. The van der Waals surface area contributed by atoms with Crippen LogP contribution >= 0.6 is 0 Å². The van der Waals surface area contributed by atoms with Crippen LogP contribution in [0.4, 0.5) is 5.69 Å². The Labute approximate surface area is 113 Å². The number of carboxylic acid groups (broad SMARTS) is 1. The van der Waals surface area contributed by atoms with Crippen molar-refractivity contribution in [3.63, 3.8) is 0 Å². The van der Waals surface area contributed by atoms with Crippen LogP contribution in [0.25, 0.3) is 0 Å². The monoisotopic (exact) mass is 263 g/mol. The molecule has 1 saturated carbocycles. The van der Waals surface area contributed by atoms with Gasteiger partial charge in [0.1, 0.15) is 5.75 Å². The first-order valence-corrected chi connectivity index (χ1v) is 6.61. The van der Waals surface area contributed by atoms with Crippen molar-refractivity contribution in [2.45, 2.75) is 33.1 Å². The van der Waals surface area contributed by atoms with Gasteiger partial charge in [0, 0.05) is 12.2 Å². The molecule has 0 saturated heterocycles. The third kappa shape index (κ3) is 2.53. The fourth-order valence-corrected chi connectivity index (χ4v) is 2.53. The second kappa shape index (κ2) is 5.11. The number of ether oxygens (including phenoxy) is 1. The van der Waals surface area contributed by atoms with Crippen LogP contribution in [-0.4, -0.2) is 24.7 Å². The largest absolute Gasteiger partial charge is 0.496 e. The number of aryl methyl sites for hydroxylation is 2. The van der Waals surface area contributed by atoms with Gasteiger partial charge in [-0.3, -0.25) is 4.79 Å². The predicted octanol–water partition coefficient (Wildman–Crippen LogP) is 2.98.